The van der Waals surface area contributed by atoms with E-state index >= 15 is 0 Å². The first kappa shape index (κ1) is 34.3. The van der Waals surface area contributed by atoms with E-state index in [1.807, 2.05) is 60.7 Å². The molecule has 1 aliphatic rings. The highest BCUT2D eigenvalue weighted by Crippen LogP contribution is 2.39. The molecule has 1 fully saturated rings. The Morgan fingerprint density at radius 1 is 0.745 bits per heavy atom. The fraction of sp³-hybridized carbons (Fsp3) is 0.222. The number of nitrogens with one attached hydrogen (secondary N) is 1. The predicted molar refractivity (Wildman–Crippen MR) is 203 cm³/mol. The summed E-state index contributed by atoms with van der Waals surface area (Å²) in [5, 5.41) is 15.2. The molecule has 0 aromatic heterocycles. The highest BCUT2D eigenvalue weighted by molar-refractivity contribution is 5.94. The summed E-state index contributed by atoms with van der Waals surface area (Å²) in [5.74, 6) is -0.0954. The summed E-state index contributed by atoms with van der Waals surface area (Å²) in [7, 11) is 2.16. The Labute approximate surface area is 300 Å². The van der Waals surface area contributed by atoms with Crippen LogP contribution in [-0.4, -0.2) is 35.6 Å². The SMILES string of the molecule is CC(c1ccc2ccccc2c1)N(C)CC1CC(c2ccc(CO)cc2)OC(c2cccc(-c3cccc(CNC(=O)c4ccccc4)c3)c2)O1. The second-order valence-corrected chi connectivity index (χ2v) is 13.4. The number of benzene rings is 6. The maximum absolute atomic E-state index is 12.7. The van der Waals surface area contributed by atoms with Gasteiger partial charge in [-0.3, -0.25) is 9.69 Å². The summed E-state index contributed by atoms with van der Waals surface area (Å²) in [6.07, 6.45) is -0.116. The standard InChI is InChI=1S/C45H44N2O4/c1-31(37-23-22-34-11-6-7-14-39(34)25-37)47(2)29-42-27-43(35-20-18-32(30-48)19-21-35)51-45(50-42)41-17-9-16-40(26-41)38-15-8-10-33(24-38)28-46-44(49)36-12-4-3-5-13-36/h3-26,31,42-43,45,48H,27-30H2,1-2H3,(H,46,49). The smallest absolute Gasteiger partial charge is 0.251 e. The van der Waals surface area contributed by atoms with Gasteiger partial charge in [0.15, 0.2) is 6.29 Å². The van der Waals surface area contributed by atoms with Crippen molar-refractivity contribution in [1.82, 2.24) is 10.2 Å². The number of carbonyl (C=O) groups is 1. The first-order valence-electron chi connectivity index (χ1n) is 17.7. The number of hydrogen-bond acceptors (Lipinski definition) is 5. The molecule has 6 aromatic carbocycles. The van der Waals surface area contributed by atoms with Crippen LogP contribution in [0.2, 0.25) is 0 Å². The molecule has 1 saturated heterocycles. The quantitative estimate of drug-likeness (QED) is 0.143. The number of hydrogen-bond donors (Lipinski definition) is 2. The second-order valence-electron chi connectivity index (χ2n) is 13.4. The third-order valence-electron chi connectivity index (χ3n) is 9.93. The minimum atomic E-state index is -0.566. The fourth-order valence-corrected chi connectivity index (χ4v) is 6.83. The summed E-state index contributed by atoms with van der Waals surface area (Å²) < 4.78 is 13.5. The first-order valence-corrected chi connectivity index (χ1v) is 17.7. The van der Waals surface area contributed by atoms with Gasteiger partial charge in [0.25, 0.3) is 5.91 Å². The molecule has 1 aliphatic heterocycles. The number of ether oxygens (including phenoxy) is 2. The van der Waals surface area contributed by atoms with Gasteiger partial charge in [0.2, 0.25) is 0 Å². The lowest BCUT2D eigenvalue weighted by Crippen LogP contribution is -2.38. The van der Waals surface area contributed by atoms with Gasteiger partial charge in [0.1, 0.15) is 0 Å². The Kier molecular flexibility index (Phi) is 10.7. The average molecular weight is 677 g/mol. The molecule has 0 radical (unpaired) electrons. The number of nitrogens with zero attached hydrogens (tertiary/aromatic N) is 1. The number of likely N-dealkylation sites (N-methyl/N-ethyl adjacent to an activating group) is 1. The van der Waals surface area contributed by atoms with Crippen LogP contribution in [0, 0.1) is 0 Å². The molecule has 6 heteroatoms. The van der Waals surface area contributed by atoms with E-state index in [1.54, 1.807) is 0 Å². The molecule has 0 bridgehead atoms. The van der Waals surface area contributed by atoms with Gasteiger partial charge in [-0.1, -0.05) is 115 Å². The van der Waals surface area contributed by atoms with Crippen LogP contribution in [0.3, 0.4) is 0 Å². The van der Waals surface area contributed by atoms with Crippen LogP contribution in [0.4, 0.5) is 0 Å². The molecule has 258 valence electrons. The summed E-state index contributed by atoms with van der Waals surface area (Å²) in [4.78, 5) is 15.0. The van der Waals surface area contributed by atoms with E-state index in [1.165, 1.54) is 16.3 Å². The van der Waals surface area contributed by atoms with E-state index in [2.05, 4.69) is 109 Å². The molecular weight excluding hydrogens is 633 g/mol. The molecule has 51 heavy (non-hydrogen) atoms. The molecule has 1 heterocycles. The predicted octanol–water partition coefficient (Wildman–Crippen LogP) is 9.17. The van der Waals surface area contributed by atoms with Crippen molar-refractivity contribution in [2.24, 2.45) is 0 Å². The van der Waals surface area contributed by atoms with Crippen LogP contribution < -0.4 is 5.32 Å². The second kappa shape index (κ2) is 15.8. The first-order chi connectivity index (χ1) is 24.9. The Morgan fingerprint density at radius 2 is 1.47 bits per heavy atom. The van der Waals surface area contributed by atoms with Crippen molar-refractivity contribution in [3.63, 3.8) is 0 Å². The highest BCUT2D eigenvalue weighted by Gasteiger charge is 2.33. The van der Waals surface area contributed by atoms with Crippen LogP contribution in [0.1, 0.15) is 70.0 Å². The van der Waals surface area contributed by atoms with Crippen molar-refractivity contribution in [2.75, 3.05) is 13.6 Å². The van der Waals surface area contributed by atoms with Crippen molar-refractivity contribution in [2.45, 2.75) is 51.0 Å². The molecule has 4 unspecified atom stereocenters. The zero-order valence-electron chi connectivity index (χ0n) is 29.1. The molecule has 0 saturated carbocycles. The zero-order chi connectivity index (χ0) is 35.2. The van der Waals surface area contributed by atoms with Crippen LogP contribution in [0.25, 0.3) is 21.9 Å². The Hall–Kier alpha value is -5.11. The Bertz CT molecular complexity index is 2080. The number of carbonyl (C=O) groups excluding carboxylic acids is 1. The van der Waals surface area contributed by atoms with Crippen LogP contribution in [0.15, 0.2) is 146 Å². The van der Waals surface area contributed by atoms with E-state index in [-0.39, 0.29) is 30.8 Å². The zero-order valence-corrected chi connectivity index (χ0v) is 29.1. The lowest BCUT2D eigenvalue weighted by molar-refractivity contribution is -0.253. The van der Waals surface area contributed by atoms with E-state index in [9.17, 15) is 9.90 Å². The maximum atomic E-state index is 12.7. The Balaban J connectivity index is 1.10. The molecule has 4 atom stereocenters. The highest BCUT2D eigenvalue weighted by atomic mass is 16.7. The van der Waals surface area contributed by atoms with Gasteiger partial charge in [-0.25, -0.2) is 0 Å². The fourth-order valence-electron chi connectivity index (χ4n) is 6.83. The summed E-state index contributed by atoms with van der Waals surface area (Å²) in [6, 6.07) is 49.2. The molecule has 1 amide bonds. The summed E-state index contributed by atoms with van der Waals surface area (Å²) in [6.45, 7) is 3.41. The molecule has 6 nitrogen and oxygen atoms in total. The third-order valence-corrected chi connectivity index (χ3v) is 9.93. The summed E-state index contributed by atoms with van der Waals surface area (Å²) >= 11 is 0. The number of aliphatic hydroxyl groups excluding tert-OH is 1. The number of amides is 1. The minimum Gasteiger partial charge on any atom is -0.392 e. The van der Waals surface area contributed by atoms with Gasteiger partial charge >= 0.3 is 0 Å². The molecule has 0 aliphatic carbocycles. The topological polar surface area (TPSA) is 71.0 Å². The molecule has 7 rings (SSSR count). The largest absolute Gasteiger partial charge is 0.392 e. The van der Waals surface area contributed by atoms with E-state index < -0.39 is 6.29 Å². The van der Waals surface area contributed by atoms with Crippen molar-refractivity contribution in [1.29, 1.82) is 0 Å². The summed E-state index contributed by atoms with van der Waals surface area (Å²) in [5.41, 5.74) is 7.91. The van der Waals surface area contributed by atoms with Crippen molar-refractivity contribution >= 4 is 16.7 Å². The maximum Gasteiger partial charge on any atom is 0.251 e. The molecule has 6 aromatic rings. The van der Waals surface area contributed by atoms with Gasteiger partial charge in [-0.05, 0) is 88.5 Å². The molecule has 0 spiro atoms. The number of rotatable bonds is 11. The number of fused-ring (bicyclic) bond motifs is 1. The minimum absolute atomic E-state index is 0.00497. The van der Waals surface area contributed by atoms with Crippen LogP contribution >= 0.6 is 0 Å². The van der Waals surface area contributed by atoms with Crippen molar-refractivity contribution < 1.29 is 19.4 Å². The third kappa shape index (κ3) is 8.28. The lowest BCUT2D eigenvalue weighted by Gasteiger charge is -2.39. The molecule has 2 N–H and O–H groups in total. The van der Waals surface area contributed by atoms with Crippen LogP contribution in [0.5, 0.6) is 0 Å². The van der Waals surface area contributed by atoms with Crippen molar-refractivity contribution in [3.8, 4) is 11.1 Å². The molecular formula is C45H44N2O4. The average Bonchev–Trinajstić information content (AvgIpc) is 3.19. The van der Waals surface area contributed by atoms with E-state index in [0.717, 1.165) is 39.9 Å². The monoisotopic (exact) mass is 676 g/mol. The van der Waals surface area contributed by atoms with Gasteiger partial charge in [-0.2, -0.15) is 0 Å². The van der Waals surface area contributed by atoms with E-state index in [0.29, 0.717) is 18.5 Å². The van der Waals surface area contributed by atoms with Gasteiger partial charge in [0.05, 0.1) is 18.8 Å². The van der Waals surface area contributed by atoms with Crippen molar-refractivity contribution in [3.05, 3.63) is 179 Å². The van der Waals surface area contributed by atoms with E-state index in [4.69, 9.17) is 9.47 Å². The van der Waals surface area contributed by atoms with Crippen LogP contribution in [-0.2, 0) is 22.6 Å². The lowest BCUT2D eigenvalue weighted by atomic mass is 9.97. The normalized spacial score (nSPS) is 18.1. The van der Waals surface area contributed by atoms with Gasteiger partial charge in [-0.15, -0.1) is 0 Å². The van der Waals surface area contributed by atoms with Gasteiger partial charge in [0, 0.05) is 36.7 Å². The number of aliphatic hydroxyl groups is 1. The Morgan fingerprint density at radius 3 is 2.25 bits per heavy atom. The van der Waals surface area contributed by atoms with Gasteiger partial charge < -0.3 is 19.9 Å².